The second-order valence-corrected chi connectivity index (χ2v) is 3.78. The Labute approximate surface area is 92.5 Å². The number of fused-ring (bicyclic) bond motifs is 1. The van der Waals surface area contributed by atoms with Crippen LogP contribution >= 0.6 is 0 Å². The van der Waals surface area contributed by atoms with Crippen molar-refractivity contribution in [2.24, 2.45) is 12.8 Å². The Kier molecular flexibility index (Phi) is 2.40. The van der Waals surface area contributed by atoms with E-state index < -0.39 is 12.0 Å². The van der Waals surface area contributed by atoms with Gasteiger partial charge >= 0.3 is 5.97 Å². The van der Waals surface area contributed by atoms with Crippen molar-refractivity contribution < 1.29 is 9.90 Å². The molecule has 0 saturated heterocycles. The Bertz CT molecular complexity index is 560. The average Bonchev–Trinajstić information content (AvgIpc) is 2.53. The SMILES string of the molecule is Cc1nc2ccc(C(N)C(=O)O)cc2n1C. The van der Waals surface area contributed by atoms with E-state index in [4.69, 9.17) is 10.8 Å². The molecule has 16 heavy (non-hydrogen) atoms. The van der Waals surface area contributed by atoms with E-state index in [2.05, 4.69) is 4.98 Å². The van der Waals surface area contributed by atoms with Gasteiger partial charge in [-0.15, -0.1) is 0 Å². The second-order valence-electron chi connectivity index (χ2n) is 3.78. The molecule has 1 aromatic heterocycles. The highest BCUT2D eigenvalue weighted by atomic mass is 16.4. The predicted molar refractivity (Wildman–Crippen MR) is 60.0 cm³/mol. The van der Waals surface area contributed by atoms with Gasteiger partial charge in [-0.3, -0.25) is 4.79 Å². The van der Waals surface area contributed by atoms with Crippen LogP contribution in [0.5, 0.6) is 0 Å². The fraction of sp³-hybridized carbons (Fsp3) is 0.273. The van der Waals surface area contributed by atoms with E-state index in [1.807, 2.05) is 18.5 Å². The quantitative estimate of drug-likeness (QED) is 0.788. The molecule has 1 heterocycles. The fourth-order valence-electron chi connectivity index (χ4n) is 1.66. The van der Waals surface area contributed by atoms with Crippen LogP contribution < -0.4 is 5.73 Å². The van der Waals surface area contributed by atoms with Crippen LogP contribution in [0.1, 0.15) is 17.4 Å². The summed E-state index contributed by atoms with van der Waals surface area (Å²) in [6, 6.07) is 4.28. The van der Waals surface area contributed by atoms with Gasteiger partial charge in [-0.1, -0.05) is 6.07 Å². The number of hydrogen-bond donors (Lipinski definition) is 2. The largest absolute Gasteiger partial charge is 0.480 e. The number of nitrogens with zero attached hydrogens (tertiary/aromatic N) is 2. The van der Waals surface area contributed by atoms with Crippen LogP contribution in [0.4, 0.5) is 0 Å². The lowest BCUT2D eigenvalue weighted by atomic mass is 10.1. The summed E-state index contributed by atoms with van der Waals surface area (Å²) in [5.74, 6) is -0.144. The summed E-state index contributed by atoms with van der Waals surface area (Å²) in [6.07, 6.45) is 0. The molecular formula is C11H13N3O2. The number of nitrogens with two attached hydrogens (primary N) is 1. The van der Waals surface area contributed by atoms with E-state index in [9.17, 15) is 4.79 Å². The molecule has 2 aromatic rings. The van der Waals surface area contributed by atoms with Crippen LogP contribution in [0, 0.1) is 6.92 Å². The summed E-state index contributed by atoms with van der Waals surface area (Å²) in [6.45, 7) is 1.90. The summed E-state index contributed by atoms with van der Waals surface area (Å²) in [4.78, 5) is 15.1. The summed E-state index contributed by atoms with van der Waals surface area (Å²) < 4.78 is 1.91. The number of benzene rings is 1. The molecule has 5 heteroatoms. The Morgan fingerprint density at radius 3 is 2.88 bits per heavy atom. The van der Waals surface area contributed by atoms with Crippen molar-refractivity contribution in [2.75, 3.05) is 0 Å². The highest BCUT2D eigenvalue weighted by Gasteiger charge is 2.15. The second kappa shape index (κ2) is 3.61. The Morgan fingerprint density at radius 1 is 1.56 bits per heavy atom. The molecule has 0 saturated carbocycles. The van der Waals surface area contributed by atoms with Gasteiger partial charge in [0, 0.05) is 7.05 Å². The topological polar surface area (TPSA) is 81.1 Å². The van der Waals surface area contributed by atoms with Gasteiger partial charge in [-0.25, -0.2) is 4.98 Å². The number of aromatic nitrogens is 2. The van der Waals surface area contributed by atoms with Crippen molar-refractivity contribution in [3.8, 4) is 0 Å². The van der Waals surface area contributed by atoms with Gasteiger partial charge in [-0.2, -0.15) is 0 Å². The molecule has 5 nitrogen and oxygen atoms in total. The molecular weight excluding hydrogens is 206 g/mol. The number of aryl methyl sites for hydroxylation is 2. The van der Waals surface area contributed by atoms with Crippen molar-refractivity contribution in [1.82, 2.24) is 9.55 Å². The molecule has 0 amide bonds. The lowest BCUT2D eigenvalue weighted by molar-refractivity contribution is -0.138. The number of carboxylic acid groups (broad SMARTS) is 1. The number of carbonyl (C=O) groups is 1. The Morgan fingerprint density at radius 2 is 2.25 bits per heavy atom. The average molecular weight is 219 g/mol. The Hall–Kier alpha value is -1.88. The van der Waals surface area contributed by atoms with Crippen LogP contribution in [0.3, 0.4) is 0 Å². The van der Waals surface area contributed by atoms with Gasteiger partial charge in [0.05, 0.1) is 11.0 Å². The Balaban J connectivity index is 2.59. The van der Waals surface area contributed by atoms with Crippen LogP contribution in [0.2, 0.25) is 0 Å². The van der Waals surface area contributed by atoms with E-state index in [1.165, 1.54) is 0 Å². The van der Waals surface area contributed by atoms with Crippen LogP contribution in [-0.4, -0.2) is 20.6 Å². The van der Waals surface area contributed by atoms with Gasteiger partial charge in [0.1, 0.15) is 11.9 Å². The first-order chi connectivity index (χ1) is 7.50. The number of rotatable bonds is 2. The van der Waals surface area contributed by atoms with Crippen molar-refractivity contribution in [3.05, 3.63) is 29.6 Å². The van der Waals surface area contributed by atoms with Crippen molar-refractivity contribution >= 4 is 17.0 Å². The first-order valence-electron chi connectivity index (χ1n) is 4.92. The zero-order valence-corrected chi connectivity index (χ0v) is 9.14. The first-order valence-corrected chi connectivity index (χ1v) is 4.92. The highest BCUT2D eigenvalue weighted by Crippen LogP contribution is 2.19. The zero-order chi connectivity index (χ0) is 11.9. The summed E-state index contributed by atoms with van der Waals surface area (Å²) in [7, 11) is 1.89. The maximum atomic E-state index is 10.8. The minimum absolute atomic E-state index is 0.586. The minimum Gasteiger partial charge on any atom is -0.480 e. The molecule has 0 aliphatic rings. The number of imidazole rings is 1. The number of aliphatic carboxylic acids is 1. The third-order valence-electron chi connectivity index (χ3n) is 2.75. The first kappa shape index (κ1) is 10.6. The van der Waals surface area contributed by atoms with E-state index in [-0.39, 0.29) is 0 Å². The smallest absolute Gasteiger partial charge is 0.325 e. The van der Waals surface area contributed by atoms with Crippen LogP contribution in [0.15, 0.2) is 18.2 Å². The van der Waals surface area contributed by atoms with Gasteiger partial charge in [0.25, 0.3) is 0 Å². The maximum Gasteiger partial charge on any atom is 0.325 e. The third kappa shape index (κ3) is 1.55. The number of hydrogen-bond acceptors (Lipinski definition) is 3. The molecule has 2 rings (SSSR count). The lowest BCUT2D eigenvalue weighted by Gasteiger charge is -2.06. The van der Waals surface area contributed by atoms with Gasteiger partial charge in [-0.05, 0) is 24.6 Å². The highest BCUT2D eigenvalue weighted by molar-refractivity contribution is 5.81. The summed E-state index contributed by atoms with van der Waals surface area (Å²) in [5, 5.41) is 8.83. The number of carboxylic acids is 1. The van der Waals surface area contributed by atoms with E-state index in [1.54, 1.807) is 18.2 Å². The molecule has 0 bridgehead atoms. The van der Waals surface area contributed by atoms with Crippen LogP contribution in [-0.2, 0) is 11.8 Å². The molecule has 1 aromatic carbocycles. The normalized spacial score (nSPS) is 12.9. The summed E-state index contributed by atoms with van der Waals surface area (Å²) >= 11 is 0. The van der Waals surface area contributed by atoms with Gasteiger partial charge in [0.15, 0.2) is 0 Å². The maximum absolute atomic E-state index is 10.8. The molecule has 0 spiro atoms. The lowest BCUT2D eigenvalue weighted by Crippen LogP contribution is -2.20. The predicted octanol–water partition coefficient (Wildman–Crippen LogP) is 0.966. The van der Waals surface area contributed by atoms with E-state index in [0.29, 0.717) is 5.56 Å². The van der Waals surface area contributed by atoms with E-state index >= 15 is 0 Å². The van der Waals surface area contributed by atoms with Crippen molar-refractivity contribution in [1.29, 1.82) is 0 Å². The molecule has 0 radical (unpaired) electrons. The van der Waals surface area contributed by atoms with Gasteiger partial charge < -0.3 is 15.4 Å². The zero-order valence-electron chi connectivity index (χ0n) is 9.14. The summed E-state index contributed by atoms with van der Waals surface area (Å²) in [5.41, 5.74) is 7.89. The standard InChI is InChI=1S/C11H13N3O2/c1-6-13-8-4-3-7(10(12)11(15)16)5-9(8)14(6)2/h3-5,10H,12H2,1-2H3,(H,15,16). The van der Waals surface area contributed by atoms with Crippen molar-refractivity contribution in [2.45, 2.75) is 13.0 Å². The molecule has 1 atom stereocenters. The third-order valence-corrected chi connectivity index (χ3v) is 2.75. The van der Waals surface area contributed by atoms with Crippen molar-refractivity contribution in [3.63, 3.8) is 0 Å². The molecule has 3 N–H and O–H groups in total. The van der Waals surface area contributed by atoms with Crippen LogP contribution in [0.25, 0.3) is 11.0 Å². The van der Waals surface area contributed by atoms with Gasteiger partial charge in [0.2, 0.25) is 0 Å². The molecule has 1 unspecified atom stereocenters. The van der Waals surface area contributed by atoms with E-state index in [0.717, 1.165) is 16.9 Å². The molecule has 0 aliphatic heterocycles. The fourth-order valence-corrected chi connectivity index (χ4v) is 1.66. The minimum atomic E-state index is -1.03. The molecule has 0 fully saturated rings. The monoisotopic (exact) mass is 219 g/mol. The molecule has 0 aliphatic carbocycles. The molecule has 84 valence electrons.